The molecule has 3 aromatic carbocycles. The van der Waals surface area contributed by atoms with Crippen LogP contribution in [0.5, 0.6) is 0 Å². The van der Waals surface area contributed by atoms with Crippen LogP contribution < -0.4 is 5.32 Å². The van der Waals surface area contributed by atoms with E-state index in [1.807, 2.05) is 81.4 Å². The molecule has 4 heteroatoms. The number of amides is 1. The van der Waals surface area contributed by atoms with Crippen molar-refractivity contribution in [3.8, 4) is 11.3 Å². The maximum absolute atomic E-state index is 13.4. The number of benzene rings is 3. The average Bonchev–Trinajstić information content (AvgIpc) is 2.73. The van der Waals surface area contributed by atoms with Crippen LogP contribution in [0.2, 0.25) is 5.02 Å². The quantitative estimate of drug-likeness (QED) is 0.419. The number of hydrogen-bond donors (Lipinski definition) is 1. The summed E-state index contributed by atoms with van der Waals surface area (Å²) >= 11 is 6.07. The molecule has 3 nitrogen and oxygen atoms in total. The standard InChI is InChI=1S/C26H23ClN2O/c1-16-13-17(2)24-22(14-16)23(26(30)28-15-19-7-5-4-6-8-19)18(3)25(29-24)20-9-11-21(27)12-10-20/h4-14H,15H2,1-3H3,(H,28,30). The van der Waals surface area contributed by atoms with Gasteiger partial charge in [0, 0.05) is 22.5 Å². The van der Waals surface area contributed by atoms with Gasteiger partial charge in [0.15, 0.2) is 0 Å². The lowest BCUT2D eigenvalue weighted by atomic mass is 9.94. The summed E-state index contributed by atoms with van der Waals surface area (Å²) in [7, 11) is 0. The molecule has 0 fully saturated rings. The van der Waals surface area contributed by atoms with Crippen LogP contribution in [-0.4, -0.2) is 10.9 Å². The molecule has 0 saturated heterocycles. The average molecular weight is 415 g/mol. The molecular formula is C26H23ClN2O. The van der Waals surface area contributed by atoms with Gasteiger partial charge in [-0.3, -0.25) is 4.79 Å². The van der Waals surface area contributed by atoms with Gasteiger partial charge in [0.05, 0.1) is 16.8 Å². The summed E-state index contributed by atoms with van der Waals surface area (Å²) in [6.07, 6.45) is 0. The summed E-state index contributed by atoms with van der Waals surface area (Å²) < 4.78 is 0. The Morgan fingerprint density at radius 3 is 2.37 bits per heavy atom. The lowest BCUT2D eigenvalue weighted by molar-refractivity contribution is 0.0952. The molecule has 0 radical (unpaired) electrons. The minimum atomic E-state index is -0.0935. The molecule has 0 aliphatic carbocycles. The van der Waals surface area contributed by atoms with Crippen LogP contribution in [0.4, 0.5) is 0 Å². The van der Waals surface area contributed by atoms with E-state index in [0.29, 0.717) is 17.1 Å². The fourth-order valence-electron chi connectivity index (χ4n) is 3.86. The van der Waals surface area contributed by atoms with Crippen LogP contribution >= 0.6 is 11.6 Å². The highest BCUT2D eigenvalue weighted by Gasteiger charge is 2.20. The molecule has 0 saturated carbocycles. The first-order valence-electron chi connectivity index (χ1n) is 9.93. The van der Waals surface area contributed by atoms with Crippen LogP contribution in [0, 0.1) is 20.8 Å². The van der Waals surface area contributed by atoms with Crippen molar-refractivity contribution in [2.45, 2.75) is 27.3 Å². The number of nitrogens with one attached hydrogen (secondary N) is 1. The molecule has 1 amide bonds. The molecule has 1 aromatic heterocycles. The van der Waals surface area contributed by atoms with E-state index in [-0.39, 0.29) is 5.91 Å². The summed E-state index contributed by atoms with van der Waals surface area (Å²) in [4.78, 5) is 18.3. The summed E-state index contributed by atoms with van der Waals surface area (Å²) in [5, 5.41) is 4.64. The predicted molar refractivity (Wildman–Crippen MR) is 124 cm³/mol. The van der Waals surface area contributed by atoms with Gasteiger partial charge >= 0.3 is 0 Å². The topological polar surface area (TPSA) is 42.0 Å². The molecule has 0 atom stereocenters. The predicted octanol–water partition coefficient (Wildman–Crippen LogP) is 6.41. The molecule has 0 aliphatic rings. The SMILES string of the molecule is Cc1cc(C)c2nc(-c3ccc(Cl)cc3)c(C)c(C(=O)NCc3ccccc3)c2c1. The minimum Gasteiger partial charge on any atom is -0.348 e. The van der Waals surface area contributed by atoms with Crippen molar-refractivity contribution in [1.29, 1.82) is 0 Å². The molecule has 4 aromatic rings. The number of carbonyl (C=O) groups is 1. The van der Waals surface area contributed by atoms with E-state index in [1.165, 1.54) is 0 Å². The first kappa shape index (κ1) is 20.1. The third-order valence-electron chi connectivity index (χ3n) is 5.31. The van der Waals surface area contributed by atoms with E-state index in [0.717, 1.165) is 44.4 Å². The molecular weight excluding hydrogens is 392 g/mol. The summed E-state index contributed by atoms with van der Waals surface area (Å²) in [5.41, 5.74) is 7.35. The number of rotatable bonds is 4. The van der Waals surface area contributed by atoms with Gasteiger partial charge in [-0.1, -0.05) is 65.7 Å². The Kier molecular flexibility index (Phi) is 5.56. The van der Waals surface area contributed by atoms with Crippen molar-refractivity contribution in [1.82, 2.24) is 10.3 Å². The molecule has 0 aliphatic heterocycles. The Labute approximate surface area is 181 Å². The lowest BCUT2D eigenvalue weighted by Crippen LogP contribution is -2.24. The van der Waals surface area contributed by atoms with Crippen molar-refractivity contribution < 1.29 is 4.79 Å². The van der Waals surface area contributed by atoms with Gasteiger partial charge in [-0.05, 0) is 55.7 Å². The van der Waals surface area contributed by atoms with E-state index >= 15 is 0 Å². The molecule has 0 bridgehead atoms. The van der Waals surface area contributed by atoms with E-state index < -0.39 is 0 Å². The molecule has 4 rings (SSSR count). The fourth-order valence-corrected chi connectivity index (χ4v) is 3.99. The second kappa shape index (κ2) is 8.29. The number of carbonyl (C=O) groups excluding carboxylic acids is 1. The van der Waals surface area contributed by atoms with E-state index in [2.05, 4.69) is 11.4 Å². The second-order valence-electron chi connectivity index (χ2n) is 7.61. The van der Waals surface area contributed by atoms with Crippen molar-refractivity contribution >= 4 is 28.4 Å². The Morgan fingerprint density at radius 1 is 0.967 bits per heavy atom. The normalized spacial score (nSPS) is 10.9. The highest BCUT2D eigenvalue weighted by atomic mass is 35.5. The molecule has 0 unspecified atom stereocenters. The van der Waals surface area contributed by atoms with Gasteiger partial charge in [-0.15, -0.1) is 0 Å². The van der Waals surface area contributed by atoms with Gasteiger partial charge in [-0.2, -0.15) is 0 Å². The summed E-state index contributed by atoms with van der Waals surface area (Å²) in [6, 6.07) is 21.6. The maximum Gasteiger partial charge on any atom is 0.252 e. The number of nitrogens with zero attached hydrogens (tertiary/aromatic N) is 1. The Morgan fingerprint density at radius 2 is 1.67 bits per heavy atom. The largest absolute Gasteiger partial charge is 0.348 e. The van der Waals surface area contributed by atoms with Crippen LogP contribution in [-0.2, 0) is 6.54 Å². The zero-order valence-electron chi connectivity index (χ0n) is 17.3. The number of hydrogen-bond acceptors (Lipinski definition) is 2. The second-order valence-corrected chi connectivity index (χ2v) is 8.05. The zero-order chi connectivity index (χ0) is 21.3. The smallest absolute Gasteiger partial charge is 0.252 e. The maximum atomic E-state index is 13.4. The highest BCUT2D eigenvalue weighted by molar-refractivity contribution is 6.30. The first-order chi connectivity index (χ1) is 14.4. The Balaban J connectivity index is 1.86. The van der Waals surface area contributed by atoms with Crippen molar-refractivity contribution in [2.24, 2.45) is 0 Å². The zero-order valence-corrected chi connectivity index (χ0v) is 18.0. The van der Waals surface area contributed by atoms with E-state index in [9.17, 15) is 4.79 Å². The number of aromatic nitrogens is 1. The number of pyridine rings is 1. The molecule has 0 spiro atoms. The van der Waals surface area contributed by atoms with Gasteiger partial charge in [0.25, 0.3) is 5.91 Å². The number of fused-ring (bicyclic) bond motifs is 1. The molecule has 30 heavy (non-hydrogen) atoms. The van der Waals surface area contributed by atoms with Crippen LogP contribution in [0.1, 0.15) is 32.6 Å². The highest BCUT2D eigenvalue weighted by Crippen LogP contribution is 2.32. The lowest BCUT2D eigenvalue weighted by Gasteiger charge is -2.17. The van der Waals surface area contributed by atoms with Gasteiger partial charge in [-0.25, -0.2) is 4.98 Å². The minimum absolute atomic E-state index is 0.0935. The van der Waals surface area contributed by atoms with Gasteiger partial charge < -0.3 is 5.32 Å². The molecule has 150 valence electrons. The first-order valence-corrected chi connectivity index (χ1v) is 10.3. The van der Waals surface area contributed by atoms with Crippen molar-refractivity contribution in [3.63, 3.8) is 0 Å². The number of aryl methyl sites for hydroxylation is 2. The fraction of sp³-hybridized carbons (Fsp3) is 0.154. The van der Waals surface area contributed by atoms with E-state index in [4.69, 9.17) is 16.6 Å². The van der Waals surface area contributed by atoms with Gasteiger partial charge in [0.2, 0.25) is 0 Å². The monoisotopic (exact) mass is 414 g/mol. The third kappa shape index (κ3) is 3.94. The summed E-state index contributed by atoms with van der Waals surface area (Å²) in [5.74, 6) is -0.0935. The third-order valence-corrected chi connectivity index (χ3v) is 5.56. The van der Waals surface area contributed by atoms with Crippen molar-refractivity contribution in [3.05, 3.63) is 99.6 Å². The Bertz CT molecular complexity index is 1230. The van der Waals surface area contributed by atoms with E-state index in [1.54, 1.807) is 0 Å². The Hall–Kier alpha value is -3.17. The summed E-state index contributed by atoms with van der Waals surface area (Å²) in [6.45, 7) is 6.52. The van der Waals surface area contributed by atoms with Crippen LogP contribution in [0.25, 0.3) is 22.2 Å². The molecule has 1 heterocycles. The van der Waals surface area contributed by atoms with Crippen LogP contribution in [0.15, 0.2) is 66.7 Å². The molecule has 1 N–H and O–H groups in total. The number of halogens is 1. The van der Waals surface area contributed by atoms with Crippen molar-refractivity contribution in [2.75, 3.05) is 0 Å². The van der Waals surface area contributed by atoms with Gasteiger partial charge in [0.1, 0.15) is 0 Å². The van der Waals surface area contributed by atoms with Crippen LogP contribution in [0.3, 0.4) is 0 Å².